The zero-order valence-electron chi connectivity index (χ0n) is 11.8. The highest BCUT2D eigenvalue weighted by Crippen LogP contribution is 2.30. The molecule has 21 heavy (non-hydrogen) atoms. The number of hydrogen-bond acceptors (Lipinski definition) is 2. The molecule has 0 atom stereocenters. The van der Waals surface area contributed by atoms with E-state index in [0.29, 0.717) is 5.89 Å². The molecule has 3 heteroatoms. The number of oxazole rings is 1. The Bertz CT molecular complexity index is 717. The van der Waals surface area contributed by atoms with Crippen molar-refractivity contribution >= 4 is 11.6 Å². The van der Waals surface area contributed by atoms with E-state index in [4.69, 9.17) is 16.0 Å². The molecule has 0 aliphatic rings. The Labute approximate surface area is 129 Å². The minimum absolute atomic E-state index is 0.670. The molecule has 106 valence electrons. The molecule has 0 fully saturated rings. The molecular weight excluding hydrogens is 282 g/mol. The average Bonchev–Trinajstić information content (AvgIpc) is 2.93. The van der Waals surface area contributed by atoms with E-state index in [2.05, 4.69) is 11.9 Å². The van der Waals surface area contributed by atoms with Crippen LogP contribution in [0.2, 0.25) is 5.02 Å². The van der Waals surface area contributed by atoms with E-state index < -0.39 is 0 Å². The van der Waals surface area contributed by atoms with Crippen molar-refractivity contribution in [2.24, 2.45) is 0 Å². The van der Waals surface area contributed by atoms with Crippen molar-refractivity contribution in [3.63, 3.8) is 0 Å². The maximum atomic E-state index is 5.98. The molecule has 0 bridgehead atoms. The van der Waals surface area contributed by atoms with E-state index in [9.17, 15) is 0 Å². The van der Waals surface area contributed by atoms with Gasteiger partial charge in [0.2, 0.25) is 5.89 Å². The van der Waals surface area contributed by atoms with Crippen LogP contribution in [0.5, 0.6) is 0 Å². The van der Waals surface area contributed by atoms with Gasteiger partial charge in [-0.3, -0.25) is 0 Å². The van der Waals surface area contributed by atoms with Gasteiger partial charge in [-0.05, 0) is 30.7 Å². The Morgan fingerprint density at radius 1 is 0.952 bits per heavy atom. The maximum Gasteiger partial charge on any atom is 0.226 e. The summed E-state index contributed by atoms with van der Waals surface area (Å²) in [6.07, 6.45) is 1.89. The molecule has 1 heterocycles. The van der Waals surface area contributed by atoms with Crippen molar-refractivity contribution in [1.29, 1.82) is 0 Å². The van der Waals surface area contributed by atoms with Crippen LogP contribution in [-0.4, -0.2) is 4.98 Å². The monoisotopic (exact) mass is 297 g/mol. The third kappa shape index (κ3) is 3.01. The van der Waals surface area contributed by atoms with Crippen LogP contribution in [0.15, 0.2) is 59.0 Å². The molecule has 3 rings (SSSR count). The predicted octanol–water partition coefficient (Wildman–Crippen LogP) is 5.61. The van der Waals surface area contributed by atoms with E-state index in [0.717, 1.165) is 40.4 Å². The smallest absolute Gasteiger partial charge is 0.226 e. The molecule has 2 nitrogen and oxygen atoms in total. The molecule has 0 aliphatic carbocycles. The lowest BCUT2D eigenvalue weighted by Gasteiger charge is -1.99. The van der Waals surface area contributed by atoms with Crippen molar-refractivity contribution in [3.05, 3.63) is 65.4 Å². The van der Waals surface area contributed by atoms with E-state index in [1.54, 1.807) is 0 Å². The molecule has 0 amide bonds. The second kappa shape index (κ2) is 6.15. The normalized spacial score (nSPS) is 10.8. The first-order valence-electron chi connectivity index (χ1n) is 7.09. The molecule has 2 aromatic carbocycles. The second-order valence-corrected chi connectivity index (χ2v) is 5.35. The van der Waals surface area contributed by atoms with Gasteiger partial charge in [0, 0.05) is 22.6 Å². The number of halogens is 1. The third-order valence-electron chi connectivity index (χ3n) is 3.31. The molecule has 0 aliphatic heterocycles. The van der Waals surface area contributed by atoms with Crippen LogP contribution < -0.4 is 0 Å². The number of benzene rings is 2. The summed E-state index contributed by atoms with van der Waals surface area (Å²) < 4.78 is 5.98. The van der Waals surface area contributed by atoms with Crippen LogP contribution in [0.3, 0.4) is 0 Å². The van der Waals surface area contributed by atoms with E-state index in [-0.39, 0.29) is 0 Å². The van der Waals surface area contributed by atoms with Gasteiger partial charge < -0.3 is 4.42 Å². The molecule has 0 saturated heterocycles. The Morgan fingerprint density at radius 2 is 1.67 bits per heavy atom. The van der Waals surface area contributed by atoms with Crippen molar-refractivity contribution in [3.8, 4) is 22.7 Å². The van der Waals surface area contributed by atoms with Crippen molar-refractivity contribution < 1.29 is 4.42 Å². The number of hydrogen-bond donors (Lipinski definition) is 0. The predicted molar refractivity (Wildman–Crippen MR) is 86.4 cm³/mol. The SMILES string of the molecule is CCCc1oc(-c2ccccc2)nc1-c1ccc(Cl)cc1. The minimum Gasteiger partial charge on any atom is -0.441 e. The van der Waals surface area contributed by atoms with Crippen molar-refractivity contribution in [1.82, 2.24) is 4.98 Å². The fourth-order valence-electron chi connectivity index (χ4n) is 2.29. The number of aryl methyl sites for hydroxylation is 1. The van der Waals surface area contributed by atoms with Crippen molar-refractivity contribution in [2.45, 2.75) is 19.8 Å². The third-order valence-corrected chi connectivity index (χ3v) is 3.56. The quantitative estimate of drug-likeness (QED) is 0.625. The van der Waals surface area contributed by atoms with E-state index in [1.165, 1.54) is 0 Å². The zero-order valence-corrected chi connectivity index (χ0v) is 12.6. The molecule has 3 aromatic rings. The summed E-state index contributed by atoms with van der Waals surface area (Å²) in [5.74, 6) is 1.60. The molecule has 0 radical (unpaired) electrons. The molecular formula is C18H16ClNO. The van der Waals surface area contributed by atoms with Crippen molar-refractivity contribution in [2.75, 3.05) is 0 Å². The average molecular weight is 298 g/mol. The lowest BCUT2D eigenvalue weighted by molar-refractivity contribution is 0.515. The molecule has 1 aromatic heterocycles. The largest absolute Gasteiger partial charge is 0.441 e. The van der Waals surface area contributed by atoms with Gasteiger partial charge in [-0.1, -0.05) is 48.9 Å². The van der Waals surface area contributed by atoms with Gasteiger partial charge in [0.05, 0.1) is 0 Å². The zero-order chi connectivity index (χ0) is 14.7. The van der Waals surface area contributed by atoms with Gasteiger partial charge in [-0.25, -0.2) is 4.98 Å². The first kappa shape index (κ1) is 13.9. The maximum absolute atomic E-state index is 5.98. The summed E-state index contributed by atoms with van der Waals surface area (Å²) in [7, 11) is 0. The van der Waals surface area contributed by atoms with Gasteiger partial charge in [-0.2, -0.15) is 0 Å². The van der Waals surface area contributed by atoms with Gasteiger partial charge >= 0.3 is 0 Å². The van der Waals surface area contributed by atoms with Gasteiger partial charge in [-0.15, -0.1) is 0 Å². The number of nitrogens with zero attached hydrogens (tertiary/aromatic N) is 1. The summed E-state index contributed by atoms with van der Waals surface area (Å²) in [6.45, 7) is 2.14. The van der Waals surface area contributed by atoms with Crippen LogP contribution in [0, 0.1) is 0 Å². The van der Waals surface area contributed by atoms with Crippen LogP contribution >= 0.6 is 11.6 Å². The van der Waals surface area contributed by atoms with Gasteiger partial charge in [0.1, 0.15) is 11.5 Å². The first-order valence-corrected chi connectivity index (χ1v) is 7.47. The van der Waals surface area contributed by atoms with E-state index >= 15 is 0 Å². The van der Waals surface area contributed by atoms with Crippen LogP contribution in [0.25, 0.3) is 22.7 Å². The Kier molecular flexibility index (Phi) is 4.07. The lowest BCUT2D eigenvalue weighted by Crippen LogP contribution is -1.85. The Balaban J connectivity index is 2.06. The van der Waals surface area contributed by atoms with Crippen LogP contribution in [0.4, 0.5) is 0 Å². The minimum atomic E-state index is 0.670. The molecule has 0 N–H and O–H groups in total. The standard InChI is InChI=1S/C18H16ClNO/c1-2-6-16-17(13-9-11-15(19)12-10-13)20-18(21-16)14-7-4-3-5-8-14/h3-5,7-12H,2,6H2,1H3. The lowest BCUT2D eigenvalue weighted by atomic mass is 10.1. The highest BCUT2D eigenvalue weighted by molar-refractivity contribution is 6.30. The Hall–Kier alpha value is -2.06. The Morgan fingerprint density at radius 3 is 2.33 bits per heavy atom. The van der Waals surface area contributed by atoms with Gasteiger partial charge in [0.15, 0.2) is 0 Å². The fraction of sp³-hybridized carbons (Fsp3) is 0.167. The molecule has 0 spiro atoms. The molecule has 0 unspecified atom stereocenters. The summed E-state index contributed by atoms with van der Waals surface area (Å²) >= 11 is 5.96. The number of aromatic nitrogens is 1. The van der Waals surface area contributed by atoms with Gasteiger partial charge in [0.25, 0.3) is 0 Å². The first-order chi connectivity index (χ1) is 10.3. The molecule has 0 saturated carbocycles. The van der Waals surface area contributed by atoms with Crippen LogP contribution in [-0.2, 0) is 6.42 Å². The van der Waals surface area contributed by atoms with Crippen LogP contribution in [0.1, 0.15) is 19.1 Å². The van der Waals surface area contributed by atoms with E-state index in [1.807, 2.05) is 54.6 Å². The summed E-state index contributed by atoms with van der Waals surface area (Å²) in [4.78, 5) is 4.69. The summed E-state index contributed by atoms with van der Waals surface area (Å²) in [5.41, 5.74) is 2.94. The fourth-order valence-corrected chi connectivity index (χ4v) is 2.41. The topological polar surface area (TPSA) is 26.0 Å². The highest BCUT2D eigenvalue weighted by atomic mass is 35.5. The number of rotatable bonds is 4. The summed E-state index contributed by atoms with van der Waals surface area (Å²) in [6, 6.07) is 17.7. The summed E-state index contributed by atoms with van der Waals surface area (Å²) in [5, 5.41) is 0.725. The second-order valence-electron chi connectivity index (χ2n) is 4.91. The highest BCUT2D eigenvalue weighted by Gasteiger charge is 2.15.